The summed E-state index contributed by atoms with van der Waals surface area (Å²) in [5.41, 5.74) is 5.31. The lowest BCUT2D eigenvalue weighted by Crippen LogP contribution is -2.13. The average Bonchev–Trinajstić information content (AvgIpc) is 3.03. The zero-order valence-electron chi connectivity index (χ0n) is 15.2. The summed E-state index contributed by atoms with van der Waals surface area (Å²) in [5.74, 6) is -0.127. The molecule has 0 amide bonds. The van der Waals surface area contributed by atoms with E-state index in [1.807, 2.05) is 28.8 Å². The lowest BCUT2D eigenvalue weighted by atomic mass is 10.1. The Morgan fingerprint density at radius 2 is 1.93 bits per heavy atom. The van der Waals surface area contributed by atoms with Crippen molar-refractivity contribution in [2.75, 3.05) is 0 Å². The number of pyridine rings is 1. The summed E-state index contributed by atoms with van der Waals surface area (Å²) in [6.07, 6.45) is 1.40. The first-order chi connectivity index (χ1) is 13.0. The van der Waals surface area contributed by atoms with Gasteiger partial charge in [-0.25, -0.2) is 9.37 Å². The van der Waals surface area contributed by atoms with Gasteiger partial charge in [0.25, 0.3) is 0 Å². The van der Waals surface area contributed by atoms with E-state index in [1.54, 1.807) is 0 Å². The van der Waals surface area contributed by atoms with E-state index in [1.165, 1.54) is 17.8 Å². The highest BCUT2D eigenvalue weighted by Gasteiger charge is 2.22. The van der Waals surface area contributed by atoms with E-state index in [4.69, 9.17) is 0 Å². The van der Waals surface area contributed by atoms with Gasteiger partial charge in [0.15, 0.2) is 0 Å². The number of aryl methyl sites for hydroxylation is 2. The van der Waals surface area contributed by atoms with E-state index in [0.717, 1.165) is 28.4 Å². The first-order valence-electron chi connectivity index (χ1n) is 8.83. The van der Waals surface area contributed by atoms with Crippen molar-refractivity contribution in [2.45, 2.75) is 26.5 Å². The topological polar surface area (TPSA) is 50.9 Å². The predicted molar refractivity (Wildman–Crippen MR) is 103 cm³/mol. The average molecular weight is 361 g/mol. The van der Waals surface area contributed by atoms with Crippen LogP contribution in [0.2, 0.25) is 0 Å². The third-order valence-corrected chi connectivity index (χ3v) is 4.86. The second-order valence-corrected chi connectivity index (χ2v) is 6.77. The molecule has 4 rings (SSSR count). The molecule has 5 heteroatoms. The Bertz CT molecular complexity index is 1120. The van der Waals surface area contributed by atoms with Gasteiger partial charge in [0.2, 0.25) is 0 Å². The minimum absolute atomic E-state index is 0.169. The lowest BCUT2D eigenvalue weighted by molar-refractivity contribution is 0.200. The van der Waals surface area contributed by atoms with Crippen LogP contribution in [-0.4, -0.2) is 19.6 Å². The molecule has 1 unspecified atom stereocenters. The number of halogens is 1. The molecule has 0 bridgehead atoms. The van der Waals surface area contributed by atoms with Gasteiger partial charge in [-0.3, -0.25) is 4.98 Å². The molecule has 1 N–H and O–H groups in total. The van der Waals surface area contributed by atoms with Crippen molar-refractivity contribution in [3.8, 4) is 0 Å². The molecule has 4 aromatic rings. The third-order valence-electron chi connectivity index (χ3n) is 4.86. The predicted octanol–water partition coefficient (Wildman–Crippen LogP) is 4.32. The Morgan fingerprint density at radius 1 is 1.11 bits per heavy atom. The summed E-state index contributed by atoms with van der Waals surface area (Å²) in [6, 6.07) is 15.5. The molecule has 0 fully saturated rings. The molecule has 0 radical (unpaired) electrons. The molecule has 0 aliphatic rings. The van der Waals surface area contributed by atoms with Gasteiger partial charge in [0.05, 0.1) is 17.2 Å². The number of imidazole rings is 1. The summed E-state index contributed by atoms with van der Waals surface area (Å²) < 4.78 is 16.2. The van der Waals surface area contributed by atoms with E-state index < -0.39 is 11.9 Å². The number of hydrogen-bond donors (Lipinski definition) is 1. The monoisotopic (exact) mass is 361 g/mol. The molecule has 0 saturated carbocycles. The second kappa shape index (κ2) is 6.93. The highest BCUT2D eigenvalue weighted by Crippen LogP contribution is 2.28. The maximum Gasteiger partial charge on any atom is 0.147 e. The van der Waals surface area contributed by atoms with Crippen LogP contribution in [0.25, 0.3) is 11.0 Å². The van der Waals surface area contributed by atoms with Crippen LogP contribution in [0.3, 0.4) is 0 Å². The molecule has 136 valence electrons. The number of aliphatic hydroxyl groups excluding tert-OH is 1. The van der Waals surface area contributed by atoms with Crippen molar-refractivity contribution < 1.29 is 9.50 Å². The quantitative estimate of drug-likeness (QED) is 0.589. The number of hydrogen-bond acceptors (Lipinski definition) is 3. The van der Waals surface area contributed by atoms with Gasteiger partial charge in [-0.05, 0) is 43.2 Å². The molecule has 0 aliphatic carbocycles. The van der Waals surface area contributed by atoms with Gasteiger partial charge >= 0.3 is 0 Å². The number of nitrogens with zero attached hydrogens (tertiary/aromatic N) is 3. The number of fused-ring (bicyclic) bond motifs is 1. The largest absolute Gasteiger partial charge is 0.380 e. The molecule has 2 aromatic carbocycles. The maximum atomic E-state index is 14.2. The fourth-order valence-corrected chi connectivity index (χ4v) is 3.36. The zero-order chi connectivity index (χ0) is 19.0. The second-order valence-electron chi connectivity index (χ2n) is 6.77. The first kappa shape index (κ1) is 17.4. The van der Waals surface area contributed by atoms with Crippen LogP contribution < -0.4 is 0 Å². The highest BCUT2D eigenvalue weighted by atomic mass is 19.1. The molecule has 0 saturated heterocycles. The number of benzene rings is 2. The van der Waals surface area contributed by atoms with Gasteiger partial charge in [0.1, 0.15) is 17.7 Å². The molecule has 1 atom stereocenters. The van der Waals surface area contributed by atoms with Crippen LogP contribution in [0.1, 0.15) is 34.2 Å². The van der Waals surface area contributed by atoms with Crippen LogP contribution >= 0.6 is 0 Å². The maximum absolute atomic E-state index is 14.2. The highest BCUT2D eigenvalue weighted by molar-refractivity contribution is 5.76. The number of aliphatic hydroxyl groups is 1. The first-order valence-corrected chi connectivity index (χ1v) is 8.83. The van der Waals surface area contributed by atoms with Crippen molar-refractivity contribution in [1.29, 1.82) is 0 Å². The molecular weight excluding hydrogens is 341 g/mol. The van der Waals surface area contributed by atoms with Crippen molar-refractivity contribution in [3.63, 3.8) is 0 Å². The fourth-order valence-electron chi connectivity index (χ4n) is 3.36. The lowest BCUT2D eigenvalue weighted by Gasteiger charge is -2.16. The summed E-state index contributed by atoms with van der Waals surface area (Å²) in [5, 5.41) is 10.9. The molecule has 27 heavy (non-hydrogen) atoms. The van der Waals surface area contributed by atoms with Crippen molar-refractivity contribution in [1.82, 2.24) is 14.5 Å². The van der Waals surface area contributed by atoms with Gasteiger partial charge in [-0.15, -0.1) is 0 Å². The minimum Gasteiger partial charge on any atom is -0.380 e. The van der Waals surface area contributed by atoms with Crippen LogP contribution in [0.15, 0.2) is 60.9 Å². The van der Waals surface area contributed by atoms with Gasteiger partial charge in [-0.2, -0.15) is 0 Å². The van der Waals surface area contributed by atoms with Crippen LogP contribution in [-0.2, 0) is 6.54 Å². The molecule has 4 nitrogen and oxygen atoms in total. The third kappa shape index (κ3) is 3.22. The standard InChI is InChI=1S/C22H20FN3O/c1-14-7-8-15(2)16(11-14)13-26-20-6-4-3-5-19(20)25-22(26)21(27)17-9-10-24-12-18(17)23/h3-12,21,27H,13H2,1-2H3. The Balaban J connectivity index is 1.87. The Hall–Kier alpha value is -3.05. The van der Waals surface area contributed by atoms with Gasteiger partial charge in [-0.1, -0.05) is 35.9 Å². The molecule has 2 aromatic heterocycles. The Morgan fingerprint density at radius 3 is 2.74 bits per heavy atom. The number of rotatable bonds is 4. The Kier molecular flexibility index (Phi) is 4.46. The van der Waals surface area contributed by atoms with E-state index in [0.29, 0.717) is 12.4 Å². The fraction of sp³-hybridized carbons (Fsp3) is 0.182. The van der Waals surface area contributed by atoms with Crippen molar-refractivity contribution in [2.24, 2.45) is 0 Å². The van der Waals surface area contributed by atoms with Crippen molar-refractivity contribution in [3.05, 3.63) is 94.8 Å². The summed E-state index contributed by atoms with van der Waals surface area (Å²) in [7, 11) is 0. The molecular formula is C22H20FN3O. The molecule has 0 spiro atoms. The number of aromatic nitrogens is 3. The van der Waals surface area contributed by atoms with E-state index >= 15 is 0 Å². The van der Waals surface area contributed by atoms with Crippen LogP contribution in [0.4, 0.5) is 4.39 Å². The van der Waals surface area contributed by atoms with Crippen LogP contribution in [0.5, 0.6) is 0 Å². The smallest absolute Gasteiger partial charge is 0.147 e. The van der Waals surface area contributed by atoms with E-state index in [9.17, 15) is 9.50 Å². The normalized spacial score (nSPS) is 12.4. The molecule has 0 aliphatic heterocycles. The SMILES string of the molecule is Cc1ccc(C)c(Cn2c(C(O)c3ccncc3F)nc3ccccc32)c1. The summed E-state index contributed by atoms with van der Waals surface area (Å²) in [6.45, 7) is 4.66. The van der Waals surface area contributed by atoms with Gasteiger partial charge in [0, 0.05) is 18.3 Å². The van der Waals surface area contributed by atoms with Gasteiger partial charge < -0.3 is 9.67 Å². The zero-order valence-corrected chi connectivity index (χ0v) is 15.2. The summed E-state index contributed by atoms with van der Waals surface area (Å²) >= 11 is 0. The number of para-hydroxylation sites is 2. The van der Waals surface area contributed by atoms with Crippen LogP contribution in [0, 0.1) is 19.7 Å². The van der Waals surface area contributed by atoms with Crippen molar-refractivity contribution >= 4 is 11.0 Å². The van der Waals surface area contributed by atoms with E-state index in [-0.39, 0.29) is 5.56 Å². The molecule has 2 heterocycles. The summed E-state index contributed by atoms with van der Waals surface area (Å²) in [4.78, 5) is 8.37. The minimum atomic E-state index is -1.18. The Labute approximate surface area is 157 Å². The van der Waals surface area contributed by atoms with E-state index in [2.05, 4.69) is 42.0 Å².